The topological polar surface area (TPSA) is 17.4 Å². The number of para-hydroxylation sites is 3. The third-order valence-corrected chi connectivity index (χ3v) is 10.4. The summed E-state index contributed by atoms with van der Waals surface area (Å²) >= 11 is 1.90. The normalized spacial score (nSPS) is 12.8. The molecule has 2 aliphatic heterocycles. The van der Waals surface area contributed by atoms with Crippen LogP contribution in [0.1, 0.15) is 5.56 Å². The number of thiophene rings is 1. The third-order valence-electron chi connectivity index (χ3n) is 9.26. The van der Waals surface area contributed by atoms with Crippen molar-refractivity contribution in [2.45, 2.75) is 6.92 Å². The van der Waals surface area contributed by atoms with Crippen LogP contribution in [-0.4, -0.2) is 11.3 Å². The highest BCUT2D eigenvalue weighted by Gasteiger charge is 2.41. The first-order valence-electron chi connectivity index (χ1n) is 15.1. The van der Waals surface area contributed by atoms with Gasteiger partial charge in [0, 0.05) is 32.5 Å². The predicted molar refractivity (Wildman–Crippen MR) is 187 cm³/mol. The van der Waals surface area contributed by atoms with Crippen LogP contribution in [0, 0.1) is 6.92 Å². The number of benzene rings is 6. The molecule has 0 atom stereocenters. The lowest BCUT2D eigenvalue weighted by Gasteiger charge is -2.34. The van der Waals surface area contributed by atoms with Gasteiger partial charge in [0.15, 0.2) is 0 Å². The van der Waals surface area contributed by atoms with Gasteiger partial charge in [-0.1, -0.05) is 78.9 Å². The zero-order valence-electron chi connectivity index (χ0n) is 24.0. The van der Waals surface area contributed by atoms with Crippen LogP contribution in [0.3, 0.4) is 0 Å². The van der Waals surface area contributed by atoms with E-state index in [1.54, 1.807) is 0 Å². The summed E-state index contributed by atoms with van der Waals surface area (Å²) < 4.78 is 11.8. The molecule has 0 N–H and O–H groups in total. The molecule has 0 bridgehead atoms. The maximum absolute atomic E-state index is 6.63. The molecule has 5 heteroatoms. The van der Waals surface area contributed by atoms with Gasteiger partial charge in [0.1, 0.15) is 11.5 Å². The van der Waals surface area contributed by atoms with Gasteiger partial charge in [0.25, 0.3) is 6.71 Å². The van der Waals surface area contributed by atoms with E-state index in [-0.39, 0.29) is 6.71 Å². The number of ether oxygens (including phenoxy) is 1. The SMILES string of the molecule is Cc1cc2c3c(c1)-n1c4c(ccc(N(c5ccccc5)c5ccccc5)c4c4sc5ccccc5c41)B3c1ccccc1O2. The van der Waals surface area contributed by atoms with Crippen LogP contribution in [-0.2, 0) is 0 Å². The predicted octanol–water partition coefficient (Wildman–Crippen LogP) is 8.71. The van der Waals surface area contributed by atoms with Gasteiger partial charge >= 0.3 is 0 Å². The summed E-state index contributed by atoms with van der Waals surface area (Å²) in [4.78, 5) is 2.42. The largest absolute Gasteiger partial charge is 0.458 e. The highest BCUT2D eigenvalue weighted by atomic mass is 32.1. The summed E-state index contributed by atoms with van der Waals surface area (Å²) in [5.41, 5.74) is 12.3. The number of rotatable bonds is 3. The van der Waals surface area contributed by atoms with Crippen molar-refractivity contribution in [3.05, 3.63) is 139 Å². The average Bonchev–Trinajstić information content (AvgIpc) is 3.60. The van der Waals surface area contributed by atoms with Crippen LogP contribution in [0.2, 0.25) is 0 Å². The van der Waals surface area contributed by atoms with Crippen LogP contribution >= 0.6 is 11.3 Å². The van der Waals surface area contributed by atoms with Crippen molar-refractivity contribution >= 4 is 82.7 Å². The van der Waals surface area contributed by atoms with E-state index < -0.39 is 0 Å². The molecule has 0 saturated carbocycles. The van der Waals surface area contributed by atoms with Gasteiger partial charge < -0.3 is 14.2 Å². The second-order valence-corrected chi connectivity index (χ2v) is 12.8. The fraction of sp³-hybridized carbons (Fsp3) is 0.0256. The van der Waals surface area contributed by atoms with E-state index in [4.69, 9.17) is 4.74 Å². The number of fused-ring (bicyclic) bond motifs is 9. The van der Waals surface area contributed by atoms with Crippen molar-refractivity contribution in [1.29, 1.82) is 0 Å². The molecule has 0 unspecified atom stereocenters. The standard InChI is InChI=1S/C39H25BN2OS/c1-24-22-31-36-33(23-24)43-32-18-10-9-17-28(32)40(36)29-20-21-30(41(25-12-4-2-5-13-25)26-14-6-3-7-15-26)35-38(29)42(31)37-27-16-8-11-19-34(27)44-39(35)37/h2-23H,1H3. The Balaban J connectivity index is 1.42. The van der Waals surface area contributed by atoms with Crippen molar-refractivity contribution in [1.82, 2.24) is 4.57 Å². The molecule has 0 saturated heterocycles. The number of hydrogen-bond donors (Lipinski definition) is 0. The maximum Gasteiger partial charge on any atom is 0.256 e. The fourth-order valence-corrected chi connectivity index (χ4v) is 8.79. The first-order valence-corrected chi connectivity index (χ1v) is 15.9. The minimum Gasteiger partial charge on any atom is -0.458 e. The van der Waals surface area contributed by atoms with Crippen molar-refractivity contribution < 1.29 is 4.74 Å². The Morgan fingerprint density at radius 1 is 0.659 bits per heavy atom. The van der Waals surface area contributed by atoms with Gasteiger partial charge in [-0.05, 0) is 83.5 Å². The average molecular weight is 581 g/mol. The minimum absolute atomic E-state index is 0.0896. The second-order valence-electron chi connectivity index (χ2n) is 11.8. The molecule has 10 rings (SSSR count). The zero-order valence-corrected chi connectivity index (χ0v) is 24.8. The Bertz CT molecular complexity index is 2410. The van der Waals surface area contributed by atoms with Gasteiger partial charge in [-0.15, -0.1) is 11.3 Å². The molecular formula is C39H25BN2OS. The lowest BCUT2D eigenvalue weighted by Crippen LogP contribution is -2.58. The fourth-order valence-electron chi connectivity index (χ4n) is 7.55. The van der Waals surface area contributed by atoms with Crippen LogP contribution in [0.25, 0.3) is 36.9 Å². The number of hydrogen-bond acceptors (Lipinski definition) is 3. The Kier molecular flexibility index (Phi) is 4.89. The molecule has 0 aliphatic carbocycles. The molecule has 206 valence electrons. The summed E-state index contributed by atoms with van der Waals surface area (Å²) in [5.74, 6) is 1.91. The van der Waals surface area contributed by atoms with Crippen molar-refractivity contribution in [3.8, 4) is 17.2 Å². The maximum atomic E-state index is 6.63. The quantitative estimate of drug-likeness (QED) is 0.195. The van der Waals surface area contributed by atoms with E-state index in [1.807, 2.05) is 11.3 Å². The van der Waals surface area contributed by atoms with Crippen LogP contribution in [0.5, 0.6) is 11.5 Å². The van der Waals surface area contributed by atoms with Gasteiger partial charge in [-0.3, -0.25) is 0 Å². The summed E-state index contributed by atoms with van der Waals surface area (Å²) in [5, 5.41) is 2.58. The molecule has 3 nitrogen and oxygen atoms in total. The van der Waals surface area contributed by atoms with Gasteiger partial charge in [-0.2, -0.15) is 0 Å². The van der Waals surface area contributed by atoms with E-state index in [0.717, 1.165) is 22.9 Å². The molecule has 0 radical (unpaired) electrons. The molecule has 0 spiro atoms. The Morgan fingerprint density at radius 3 is 2.16 bits per heavy atom. The number of nitrogens with zero attached hydrogens (tertiary/aromatic N) is 2. The molecular weight excluding hydrogens is 555 g/mol. The smallest absolute Gasteiger partial charge is 0.256 e. The van der Waals surface area contributed by atoms with Gasteiger partial charge in [0.2, 0.25) is 0 Å². The van der Waals surface area contributed by atoms with E-state index in [9.17, 15) is 0 Å². The molecule has 4 heterocycles. The zero-order chi connectivity index (χ0) is 28.9. The first kappa shape index (κ1) is 24.2. The monoisotopic (exact) mass is 580 g/mol. The van der Waals surface area contributed by atoms with Gasteiger partial charge in [0.05, 0.1) is 21.4 Å². The van der Waals surface area contributed by atoms with Crippen molar-refractivity contribution in [2.75, 3.05) is 4.90 Å². The highest BCUT2D eigenvalue weighted by Crippen LogP contribution is 2.49. The number of anilines is 3. The molecule has 8 aromatic rings. The Labute approximate surface area is 259 Å². The van der Waals surface area contributed by atoms with Crippen LogP contribution in [0.15, 0.2) is 133 Å². The molecule has 2 aromatic heterocycles. The summed E-state index contributed by atoms with van der Waals surface area (Å²) in [6, 6.07) is 48.2. The Morgan fingerprint density at radius 2 is 1.36 bits per heavy atom. The number of aromatic nitrogens is 1. The molecule has 44 heavy (non-hydrogen) atoms. The van der Waals surface area contributed by atoms with E-state index in [2.05, 4.69) is 150 Å². The second kappa shape index (κ2) is 8.88. The lowest BCUT2D eigenvalue weighted by atomic mass is 9.34. The third kappa shape index (κ3) is 3.17. The first-order chi connectivity index (χ1) is 21.8. The highest BCUT2D eigenvalue weighted by molar-refractivity contribution is 7.27. The van der Waals surface area contributed by atoms with Crippen molar-refractivity contribution in [3.63, 3.8) is 0 Å². The summed E-state index contributed by atoms with van der Waals surface area (Å²) in [7, 11) is 0. The van der Waals surface area contributed by atoms with Gasteiger partial charge in [-0.25, -0.2) is 0 Å². The van der Waals surface area contributed by atoms with Crippen LogP contribution < -0.4 is 26.0 Å². The van der Waals surface area contributed by atoms with E-state index in [0.29, 0.717) is 0 Å². The van der Waals surface area contributed by atoms with Crippen LogP contribution in [0.4, 0.5) is 17.1 Å². The molecule has 6 aromatic carbocycles. The van der Waals surface area contributed by atoms with Crippen molar-refractivity contribution in [2.24, 2.45) is 0 Å². The Hall–Kier alpha value is -5.26. The number of aryl methyl sites for hydroxylation is 1. The minimum atomic E-state index is 0.0896. The molecule has 2 aliphatic rings. The molecule has 0 amide bonds. The lowest BCUT2D eigenvalue weighted by molar-refractivity contribution is 0.487. The van der Waals surface area contributed by atoms with E-state index in [1.165, 1.54) is 64.5 Å². The van der Waals surface area contributed by atoms with E-state index >= 15 is 0 Å². The summed E-state index contributed by atoms with van der Waals surface area (Å²) in [6.45, 7) is 2.27. The molecule has 0 fully saturated rings. The summed E-state index contributed by atoms with van der Waals surface area (Å²) in [6.07, 6.45) is 0.